The van der Waals surface area contributed by atoms with Crippen LogP contribution in [-0.2, 0) is 31.3 Å². The number of amides is 1. The third-order valence-electron chi connectivity index (χ3n) is 6.34. The van der Waals surface area contributed by atoms with E-state index in [0.29, 0.717) is 35.8 Å². The highest BCUT2D eigenvalue weighted by Gasteiger charge is 2.41. The van der Waals surface area contributed by atoms with Crippen molar-refractivity contribution in [2.75, 3.05) is 19.5 Å². The van der Waals surface area contributed by atoms with E-state index < -0.39 is 15.4 Å². The molecular formula is C24H28ClN3O4S. The van der Waals surface area contributed by atoms with Crippen molar-refractivity contribution in [3.63, 3.8) is 0 Å². The van der Waals surface area contributed by atoms with Crippen LogP contribution < -0.4 is 5.73 Å². The van der Waals surface area contributed by atoms with Crippen LogP contribution in [0.3, 0.4) is 0 Å². The number of carbonyl (C=O) groups excluding carboxylic acids is 1. The van der Waals surface area contributed by atoms with Crippen LogP contribution in [0.1, 0.15) is 42.9 Å². The number of hydrogen-bond donors (Lipinski definition) is 1. The van der Waals surface area contributed by atoms with Crippen LogP contribution in [0.5, 0.6) is 0 Å². The summed E-state index contributed by atoms with van der Waals surface area (Å²) in [5, 5.41) is 0.465. The van der Waals surface area contributed by atoms with Gasteiger partial charge in [-0.15, -0.1) is 0 Å². The summed E-state index contributed by atoms with van der Waals surface area (Å²) >= 11 is 6.83. The van der Waals surface area contributed by atoms with E-state index in [2.05, 4.69) is 0 Å². The van der Waals surface area contributed by atoms with Gasteiger partial charge in [-0.1, -0.05) is 48.0 Å². The molecule has 0 aromatic heterocycles. The lowest BCUT2D eigenvalue weighted by molar-refractivity contribution is -0.132. The molecule has 2 N–H and O–H groups in total. The summed E-state index contributed by atoms with van der Waals surface area (Å²) in [7, 11) is -3.38. The molecule has 2 aromatic carbocycles. The van der Waals surface area contributed by atoms with E-state index in [0.717, 1.165) is 18.4 Å². The van der Waals surface area contributed by atoms with Crippen molar-refractivity contribution in [2.24, 2.45) is 10.7 Å². The molecule has 0 aliphatic carbocycles. The first-order valence-corrected chi connectivity index (χ1v) is 13.2. The number of ether oxygens (including phenoxy) is 1. The molecule has 1 fully saturated rings. The second-order valence-electron chi connectivity index (χ2n) is 8.86. The van der Waals surface area contributed by atoms with Gasteiger partial charge in [0, 0.05) is 37.0 Å². The van der Waals surface area contributed by atoms with E-state index in [9.17, 15) is 13.2 Å². The molecule has 2 aliphatic heterocycles. The van der Waals surface area contributed by atoms with Gasteiger partial charge in [0.1, 0.15) is 0 Å². The van der Waals surface area contributed by atoms with Gasteiger partial charge in [-0.25, -0.2) is 13.4 Å². The first-order valence-electron chi connectivity index (χ1n) is 10.9. The van der Waals surface area contributed by atoms with Crippen molar-refractivity contribution in [2.45, 2.75) is 49.1 Å². The molecular weight excluding hydrogens is 462 g/mol. The minimum atomic E-state index is -3.38. The molecule has 1 saturated heterocycles. The largest absolute Gasteiger partial charge is 0.381 e. The highest BCUT2D eigenvalue weighted by atomic mass is 35.5. The molecule has 1 amide bonds. The Morgan fingerprint density at radius 1 is 1.15 bits per heavy atom. The Kier molecular flexibility index (Phi) is 6.53. The molecule has 4 rings (SSSR count). The molecule has 2 aliphatic rings. The molecule has 0 unspecified atom stereocenters. The van der Waals surface area contributed by atoms with Crippen LogP contribution in [0.4, 0.5) is 0 Å². The van der Waals surface area contributed by atoms with Gasteiger partial charge in [0.05, 0.1) is 16.9 Å². The first-order chi connectivity index (χ1) is 15.6. The fourth-order valence-electron chi connectivity index (χ4n) is 4.69. The number of halogens is 1. The van der Waals surface area contributed by atoms with Crippen molar-refractivity contribution in [3.05, 3.63) is 64.2 Å². The average molecular weight is 490 g/mol. The summed E-state index contributed by atoms with van der Waals surface area (Å²) in [5.74, 6) is 0.116. The smallest absolute Gasteiger partial charge is 0.232 e. The van der Waals surface area contributed by atoms with Crippen molar-refractivity contribution in [3.8, 4) is 0 Å². The van der Waals surface area contributed by atoms with Crippen LogP contribution in [0.25, 0.3) is 0 Å². The maximum atomic E-state index is 13.1. The normalized spacial score (nSPS) is 22.3. The van der Waals surface area contributed by atoms with Crippen molar-refractivity contribution in [1.29, 1.82) is 0 Å². The first kappa shape index (κ1) is 23.7. The second-order valence-corrected chi connectivity index (χ2v) is 11.2. The predicted molar refractivity (Wildman–Crippen MR) is 128 cm³/mol. The molecule has 0 spiro atoms. The quantitative estimate of drug-likeness (QED) is 0.694. The SMILES string of the molecule is C[C@@]1(c2cccc(Cc3ccccc3S(C)(=O)=O)c2Cl)CC(=O)N(C2CCOCC2)C(N)=N1. The summed E-state index contributed by atoms with van der Waals surface area (Å²) in [4.78, 5) is 19.8. The lowest BCUT2D eigenvalue weighted by Gasteiger charge is -2.40. The molecule has 0 radical (unpaired) electrons. The van der Waals surface area contributed by atoms with Gasteiger partial charge < -0.3 is 10.5 Å². The Balaban J connectivity index is 1.68. The van der Waals surface area contributed by atoms with E-state index in [4.69, 9.17) is 27.1 Å². The highest BCUT2D eigenvalue weighted by molar-refractivity contribution is 7.90. The zero-order chi connectivity index (χ0) is 23.8. The maximum absolute atomic E-state index is 13.1. The fraction of sp³-hybridized carbons (Fsp3) is 0.417. The molecule has 9 heteroatoms. The fourth-order valence-corrected chi connectivity index (χ4v) is 6.03. The number of guanidine groups is 1. The van der Waals surface area contributed by atoms with Crippen LogP contribution >= 0.6 is 11.6 Å². The lowest BCUT2D eigenvalue weighted by Crippen LogP contribution is -2.55. The van der Waals surface area contributed by atoms with E-state index in [-0.39, 0.29) is 29.2 Å². The molecule has 176 valence electrons. The summed E-state index contributed by atoms with van der Waals surface area (Å²) < 4.78 is 29.8. The number of nitrogens with two attached hydrogens (primary N) is 1. The monoisotopic (exact) mass is 489 g/mol. The maximum Gasteiger partial charge on any atom is 0.232 e. The molecule has 1 atom stereocenters. The Labute approximate surface area is 199 Å². The Hall–Kier alpha value is -2.42. The molecule has 0 saturated carbocycles. The average Bonchev–Trinajstić information content (AvgIpc) is 2.75. The molecule has 7 nitrogen and oxygen atoms in total. The molecule has 2 heterocycles. The highest BCUT2D eigenvalue weighted by Crippen LogP contribution is 2.40. The Morgan fingerprint density at radius 3 is 2.48 bits per heavy atom. The predicted octanol–water partition coefficient (Wildman–Crippen LogP) is 3.28. The van der Waals surface area contributed by atoms with E-state index >= 15 is 0 Å². The second kappa shape index (κ2) is 9.08. The molecule has 0 bridgehead atoms. The van der Waals surface area contributed by atoms with Gasteiger partial charge in [-0.3, -0.25) is 9.69 Å². The lowest BCUT2D eigenvalue weighted by atomic mass is 9.85. The van der Waals surface area contributed by atoms with Gasteiger partial charge in [-0.2, -0.15) is 0 Å². The number of nitrogens with zero attached hydrogens (tertiary/aromatic N) is 2. The zero-order valence-electron chi connectivity index (χ0n) is 18.8. The molecule has 33 heavy (non-hydrogen) atoms. The summed E-state index contributed by atoms with van der Waals surface area (Å²) in [6, 6.07) is 12.4. The number of sulfone groups is 1. The van der Waals surface area contributed by atoms with Gasteiger partial charge in [0.15, 0.2) is 15.8 Å². The third kappa shape index (κ3) is 4.78. The van der Waals surface area contributed by atoms with Crippen LogP contribution in [0.15, 0.2) is 52.4 Å². The topological polar surface area (TPSA) is 102 Å². The van der Waals surface area contributed by atoms with Crippen LogP contribution in [-0.4, -0.2) is 50.7 Å². The summed E-state index contributed by atoms with van der Waals surface area (Å²) in [5.41, 5.74) is 7.51. The minimum absolute atomic E-state index is 0.00569. The Bertz CT molecular complexity index is 1210. The summed E-state index contributed by atoms with van der Waals surface area (Å²) in [6.07, 6.45) is 3.14. The molecule has 2 aromatic rings. The number of aliphatic imine (C=N–C) groups is 1. The van der Waals surface area contributed by atoms with E-state index in [1.807, 2.05) is 25.1 Å². The third-order valence-corrected chi connectivity index (χ3v) is 7.98. The minimum Gasteiger partial charge on any atom is -0.381 e. The summed E-state index contributed by atoms with van der Waals surface area (Å²) in [6.45, 7) is 3.05. The zero-order valence-corrected chi connectivity index (χ0v) is 20.3. The van der Waals surface area contributed by atoms with Crippen molar-refractivity contribution < 1.29 is 17.9 Å². The van der Waals surface area contributed by atoms with Crippen LogP contribution in [0.2, 0.25) is 5.02 Å². The number of hydrogen-bond acceptors (Lipinski definition) is 6. The van der Waals surface area contributed by atoms with Crippen molar-refractivity contribution >= 4 is 33.3 Å². The number of rotatable bonds is 5. The number of benzene rings is 2. The standard InChI is InChI=1S/C24H28ClN3O4S/c1-24(15-21(29)28(23(26)27-24)18-10-12-32-13-11-18)19-8-5-7-17(22(19)25)14-16-6-3-4-9-20(16)33(2,30)31/h3-9,18H,10-15H2,1-2H3,(H2,26,27)/t24-/m0/s1. The van der Waals surface area contributed by atoms with Gasteiger partial charge in [0.2, 0.25) is 5.91 Å². The number of carbonyl (C=O) groups is 1. The van der Waals surface area contributed by atoms with Gasteiger partial charge in [0.25, 0.3) is 0 Å². The van der Waals surface area contributed by atoms with E-state index in [1.54, 1.807) is 29.2 Å². The van der Waals surface area contributed by atoms with E-state index in [1.165, 1.54) is 6.26 Å². The van der Waals surface area contributed by atoms with Gasteiger partial charge >= 0.3 is 0 Å². The van der Waals surface area contributed by atoms with Gasteiger partial charge in [-0.05, 0) is 42.5 Å². The Morgan fingerprint density at radius 2 is 1.82 bits per heavy atom. The van der Waals surface area contributed by atoms with Crippen molar-refractivity contribution in [1.82, 2.24) is 4.90 Å². The van der Waals surface area contributed by atoms with Crippen LogP contribution in [0, 0.1) is 0 Å².